The molecule has 1 atom stereocenters. The van der Waals surface area contributed by atoms with Gasteiger partial charge in [0, 0.05) is 10.8 Å². The zero-order chi connectivity index (χ0) is 11.3. The molecule has 4 rings (SSSR count). The summed E-state index contributed by atoms with van der Waals surface area (Å²) < 4.78 is 0. The number of carbonyl (C=O) groups excluding carboxylic acids is 2. The maximum atomic E-state index is 11.8. The Labute approximate surface area is 97.0 Å². The third-order valence-corrected chi connectivity index (χ3v) is 4.31. The highest BCUT2D eigenvalue weighted by Crippen LogP contribution is 2.41. The van der Waals surface area contributed by atoms with Crippen molar-refractivity contribution in [3.63, 3.8) is 0 Å². The van der Waals surface area contributed by atoms with Gasteiger partial charge >= 0.3 is 0 Å². The van der Waals surface area contributed by atoms with Gasteiger partial charge in [-0.15, -0.1) is 11.3 Å². The van der Waals surface area contributed by atoms with Gasteiger partial charge in [-0.1, -0.05) is 6.07 Å². The SMILES string of the molecule is CC12C[C@@H](c3cccs3)C(C(=O)N1)C(=O)N2. The second-order valence-electron chi connectivity index (χ2n) is 4.61. The molecule has 0 spiro atoms. The molecule has 16 heavy (non-hydrogen) atoms. The number of hydrogen-bond acceptors (Lipinski definition) is 3. The minimum Gasteiger partial charge on any atom is -0.333 e. The molecule has 2 bridgehead atoms. The maximum Gasteiger partial charge on any atom is 0.235 e. The largest absolute Gasteiger partial charge is 0.333 e. The number of piperidine rings is 2. The van der Waals surface area contributed by atoms with E-state index in [1.165, 1.54) is 0 Å². The predicted molar refractivity (Wildman–Crippen MR) is 59.9 cm³/mol. The van der Waals surface area contributed by atoms with E-state index in [0.29, 0.717) is 0 Å². The van der Waals surface area contributed by atoms with E-state index in [-0.39, 0.29) is 17.7 Å². The lowest BCUT2D eigenvalue weighted by atomic mass is 9.74. The molecule has 3 aliphatic rings. The van der Waals surface area contributed by atoms with Gasteiger partial charge in [0.1, 0.15) is 11.6 Å². The third-order valence-electron chi connectivity index (χ3n) is 3.30. The Kier molecular flexibility index (Phi) is 1.89. The van der Waals surface area contributed by atoms with Crippen molar-refractivity contribution in [3.05, 3.63) is 22.4 Å². The van der Waals surface area contributed by atoms with Crippen LogP contribution in [0.2, 0.25) is 0 Å². The van der Waals surface area contributed by atoms with Gasteiger partial charge < -0.3 is 10.6 Å². The topological polar surface area (TPSA) is 58.2 Å². The highest BCUT2D eigenvalue weighted by molar-refractivity contribution is 7.10. The van der Waals surface area contributed by atoms with E-state index < -0.39 is 11.6 Å². The number of hydrogen-bond donors (Lipinski definition) is 2. The predicted octanol–water partition coefficient (Wildman–Crippen LogP) is 0.814. The summed E-state index contributed by atoms with van der Waals surface area (Å²) >= 11 is 1.61. The monoisotopic (exact) mass is 236 g/mol. The molecule has 0 unspecified atom stereocenters. The molecule has 1 aromatic rings. The third kappa shape index (κ3) is 1.28. The van der Waals surface area contributed by atoms with Gasteiger partial charge in [0.15, 0.2) is 0 Å². The Morgan fingerprint density at radius 3 is 2.56 bits per heavy atom. The van der Waals surface area contributed by atoms with Crippen molar-refractivity contribution in [1.82, 2.24) is 10.6 Å². The van der Waals surface area contributed by atoms with Crippen LogP contribution in [0.15, 0.2) is 17.5 Å². The second-order valence-corrected chi connectivity index (χ2v) is 5.59. The van der Waals surface area contributed by atoms with Crippen LogP contribution in [0, 0.1) is 5.92 Å². The van der Waals surface area contributed by atoms with Crippen molar-refractivity contribution in [2.75, 3.05) is 0 Å². The van der Waals surface area contributed by atoms with E-state index in [2.05, 4.69) is 10.6 Å². The standard InChI is InChI=1S/C11H12N2O2S/c1-11-5-6(7-3-2-4-16-7)8(9(14)12-11)10(15)13-11/h2-4,6,8H,5H2,1H3,(H,12,14)(H,13,15)/t6-,8?,11?/m0/s1. The van der Waals surface area contributed by atoms with Crippen LogP contribution in [-0.2, 0) is 9.59 Å². The fourth-order valence-corrected chi connectivity index (χ4v) is 3.51. The van der Waals surface area contributed by atoms with E-state index in [0.717, 1.165) is 11.3 Å². The highest BCUT2D eigenvalue weighted by atomic mass is 32.1. The summed E-state index contributed by atoms with van der Waals surface area (Å²) in [5.74, 6) is -0.806. The lowest BCUT2D eigenvalue weighted by Crippen LogP contribution is -2.72. The zero-order valence-corrected chi connectivity index (χ0v) is 9.64. The zero-order valence-electron chi connectivity index (χ0n) is 8.82. The molecule has 3 fully saturated rings. The summed E-state index contributed by atoms with van der Waals surface area (Å²) in [6, 6.07) is 3.96. The molecule has 0 saturated carbocycles. The van der Waals surface area contributed by atoms with Crippen molar-refractivity contribution >= 4 is 23.2 Å². The molecule has 0 aliphatic carbocycles. The molecule has 0 aromatic carbocycles. The van der Waals surface area contributed by atoms with E-state index in [1.807, 2.05) is 24.4 Å². The van der Waals surface area contributed by atoms with Crippen LogP contribution in [-0.4, -0.2) is 17.5 Å². The van der Waals surface area contributed by atoms with Gasteiger partial charge in [-0.05, 0) is 24.8 Å². The van der Waals surface area contributed by atoms with Crippen LogP contribution in [0.5, 0.6) is 0 Å². The molecule has 3 aliphatic heterocycles. The Bertz CT molecular complexity index is 437. The molecule has 2 N–H and O–H groups in total. The first-order chi connectivity index (χ1) is 7.59. The quantitative estimate of drug-likeness (QED) is 0.709. The van der Waals surface area contributed by atoms with Crippen molar-refractivity contribution in [3.8, 4) is 0 Å². The normalized spacial score (nSPS) is 37.1. The smallest absolute Gasteiger partial charge is 0.235 e. The number of nitrogens with one attached hydrogen (secondary N) is 2. The fourth-order valence-electron chi connectivity index (χ4n) is 2.64. The average Bonchev–Trinajstić information content (AvgIpc) is 2.66. The highest BCUT2D eigenvalue weighted by Gasteiger charge is 2.53. The number of carbonyl (C=O) groups is 2. The van der Waals surface area contributed by atoms with Crippen LogP contribution < -0.4 is 10.6 Å². The second kappa shape index (κ2) is 3.07. The first kappa shape index (κ1) is 9.84. The summed E-state index contributed by atoms with van der Waals surface area (Å²) in [4.78, 5) is 24.7. The van der Waals surface area contributed by atoms with Gasteiger partial charge in [-0.3, -0.25) is 9.59 Å². The van der Waals surface area contributed by atoms with Crippen molar-refractivity contribution in [2.24, 2.45) is 5.92 Å². The van der Waals surface area contributed by atoms with Crippen molar-refractivity contribution < 1.29 is 9.59 Å². The van der Waals surface area contributed by atoms with E-state index >= 15 is 0 Å². The minimum atomic E-state index is -0.572. The summed E-state index contributed by atoms with van der Waals surface area (Å²) in [6.45, 7) is 1.86. The molecule has 1 aromatic heterocycles. The summed E-state index contributed by atoms with van der Waals surface area (Å²) in [7, 11) is 0. The molecule has 84 valence electrons. The number of amides is 2. The Hall–Kier alpha value is -1.36. The minimum absolute atomic E-state index is 0.0347. The van der Waals surface area contributed by atoms with Crippen LogP contribution in [0.25, 0.3) is 0 Å². The van der Waals surface area contributed by atoms with Crippen LogP contribution >= 0.6 is 11.3 Å². The first-order valence-corrected chi connectivity index (χ1v) is 6.14. The van der Waals surface area contributed by atoms with Gasteiger partial charge in [0.2, 0.25) is 11.8 Å². The number of rotatable bonds is 1. The average molecular weight is 236 g/mol. The Balaban J connectivity index is 2.03. The summed E-state index contributed by atoms with van der Waals surface area (Å²) in [5, 5.41) is 7.68. The summed E-state index contributed by atoms with van der Waals surface area (Å²) in [5.41, 5.74) is -0.572. The molecule has 4 heterocycles. The first-order valence-electron chi connectivity index (χ1n) is 5.26. The molecule has 2 amide bonds. The van der Waals surface area contributed by atoms with Crippen LogP contribution in [0.1, 0.15) is 24.1 Å². The van der Waals surface area contributed by atoms with Crippen molar-refractivity contribution in [1.29, 1.82) is 0 Å². The maximum absolute atomic E-state index is 11.8. The summed E-state index contributed by atoms with van der Waals surface area (Å²) in [6.07, 6.45) is 0.773. The number of fused-ring (bicyclic) bond motifs is 3. The van der Waals surface area contributed by atoms with Gasteiger partial charge in [0.05, 0.1) is 0 Å². The van der Waals surface area contributed by atoms with Crippen molar-refractivity contribution in [2.45, 2.75) is 24.9 Å². The Morgan fingerprint density at radius 1 is 1.38 bits per heavy atom. The fraction of sp³-hybridized carbons (Fsp3) is 0.455. The molecule has 0 radical (unpaired) electrons. The lowest BCUT2D eigenvalue weighted by molar-refractivity contribution is -0.149. The van der Waals surface area contributed by atoms with E-state index in [9.17, 15) is 9.59 Å². The molecular weight excluding hydrogens is 224 g/mol. The molecule has 4 nitrogen and oxygen atoms in total. The van der Waals surface area contributed by atoms with Crippen LogP contribution in [0.4, 0.5) is 0 Å². The van der Waals surface area contributed by atoms with Gasteiger partial charge in [-0.2, -0.15) is 0 Å². The van der Waals surface area contributed by atoms with Gasteiger partial charge in [0.25, 0.3) is 0 Å². The number of thiophene rings is 1. The lowest BCUT2D eigenvalue weighted by Gasteiger charge is -2.48. The molecule has 3 saturated heterocycles. The van der Waals surface area contributed by atoms with Gasteiger partial charge in [-0.25, -0.2) is 0 Å². The van der Waals surface area contributed by atoms with E-state index in [1.54, 1.807) is 11.3 Å². The Morgan fingerprint density at radius 2 is 2.06 bits per heavy atom. The molecular formula is C11H12N2O2S. The van der Waals surface area contributed by atoms with Crippen LogP contribution in [0.3, 0.4) is 0 Å². The van der Waals surface area contributed by atoms with E-state index in [4.69, 9.17) is 0 Å². The molecule has 5 heteroatoms.